The average Bonchev–Trinajstić information content (AvgIpc) is 2.70. The van der Waals surface area contributed by atoms with Crippen molar-refractivity contribution in [2.24, 2.45) is 0 Å². The summed E-state index contributed by atoms with van der Waals surface area (Å²) in [7, 11) is 0. The molecule has 7 heteroatoms. The Morgan fingerprint density at radius 3 is 1.74 bits per heavy atom. The van der Waals surface area contributed by atoms with Gasteiger partial charge in [-0.3, -0.25) is 4.79 Å². The van der Waals surface area contributed by atoms with Gasteiger partial charge >= 0.3 is 63.3 Å². The molecule has 174 valence electrons. The molecule has 2 atom stereocenters. The van der Waals surface area contributed by atoms with E-state index in [4.69, 9.17) is 4.74 Å². The third kappa shape index (κ3) is 21.4. The molecule has 0 spiro atoms. The van der Waals surface area contributed by atoms with Crippen LogP contribution in [0, 0.1) is 0 Å². The zero-order valence-corrected chi connectivity index (χ0v) is 23.3. The van der Waals surface area contributed by atoms with Crippen molar-refractivity contribution in [1.82, 2.24) is 0 Å². The average molecular weight is 465 g/mol. The number of ether oxygens (including phenoxy) is 2. The molecule has 0 aliphatic carbocycles. The molecule has 0 aromatic rings. The molecule has 0 saturated heterocycles. The molecule has 0 aliphatic rings. The number of carboxylic acids is 1. The number of carbonyl (C=O) groups excluding carboxylic acids is 3. The molecular formula is C24H41KO6. The largest absolute Gasteiger partial charge is 1.00 e. The number of carboxylic acid groups (broad SMARTS) is 1. The molecule has 0 rings (SSSR count). The van der Waals surface area contributed by atoms with Crippen LogP contribution in [0.3, 0.4) is 0 Å². The van der Waals surface area contributed by atoms with E-state index in [0.717, 1.165) is 32.1 Å². The molecule has 0 fully saturated rings. The molecule has 0 aromatic heterocycles. The fourth-order valence-electron chi connectivity index (χ4n) is 2.96. The zero-order valence-electron chi connectivity index (χ0n) is 20.2. The summed E-state index contributed by atoms with van der Waals surface area (Å²) in [6.07, 6.45) is 17.7. The van der Waals surface area contributed by atoms with Crippen molar-refractivity contribution < 1.29 is 80.3 Å². The van der Waals surface area contributed by atoms with E-state index in [2.05, 4.69) is 23.8 Å². The normalized spacial score (nSPS) is 12.7. The van der Waals surface area contributed by atoms with Crippen molar-refractivity contribution in [1.29, 1.82) is 0 Å². The number of carbonyl (C=O) groups is 3. The van der Waals surface area contributed by atoms with Crippen molar-refractivity contribution in [2.45, 2.75) is 123 Å². The molecule has 0 radical (unpaired) electrons. The minimum absolute atomic E-state index is 0. The number of hydrogen-bond donors (Lipinski definition) is 0. The van der Waals surface area contributed by atoms with Crippen LogP contribution in [-0.4, -0.2) is 30.1 Å². The summed E-state index contributed by atoms with van der Waals surface area (Å²) >= 11 is 0. The van der Waals surface area contributed by atoms with E-state index in [1.807, 2.05) is 0 Å². The van der Waals surface area contributed by atoms with Crippen molar-refractivity contribution >= 4 is 17.9 Å². The summed E-state index contributed by atoms with van der Waals surface area (Å²) in [4.78, 5) is 33.9. The first-order valence-electron chi connectivity index (χ1n) is 11.6. The minimum Gasteiger partial charge on any atom is -0.546 e. The number of hydrogen-bond acceptors (Lipinski definition) is 6. The molecule has 6 nitrogen and oxygen atoms in total. The number of allylic oxidation sites excluding steroid dienone is 2. The standard InChI is InChI=1S/C24H42O6.K/c1-4-5-6-7-8-9-10-11-12-13-14-15-16-17-18-19-22(25)29-21(3)24(28)30-20(2)23(26)27;/h11-12,20-21H,4-10,13-19H2,1-3H3,(H,26,27);/q;+1/p-1. The van der Waals surface area contributed by atoms with E-state index in [0.29, 0.717) is 6.42 Å². The number of rotatable bonds is 19. The molecule has 31 heavy (non-hydrogen) atoms. The van der Waals surface area contributed by atoms with E-state index in [1.54, 1.807) is 0 Å². The maximum atomic E-state index is 11.7. The first-order chi connectivity index (χ1) is 14.4. The van der Waals surface area contributed by atoms with E-state index in [-0.39, 0.29) is 57.8 Å². The Morgan fingerprint density at radius 2 is 1.23 bits per heavy atom. The van der Waals surface area contributed by atoms with Crippen LogP contribution in [0.15, 0.2) is 12.2 Å². The van der Waals surface area contributed by atoms with Gasteiger partial charge in [-0.05, 0) is 46.0 Å². The summed E-state index contributed by atoms with van der Waals surface area (Å²) in [5.41, 5.74) is 0. The molecule has 2 unspecified atom stereocenters. The van der Waals surface area contributed by atoms with Crippen LogP contribution in [0.25, 0.3) is 0 Å². The van der Waals surface area contributed by atoms with Crippen LogP contribution in [0.5, 0.6) is 0 Å². The maximum absolute atomic E-state index is 11.7. The second-order valence-corrected chi connectivity index (χ2v) is 7.86. The van der Waals surface area contributed by atoms with Gasteiger partial charge in [0.2, 0.25) is 0 Å². The van der Waals surface area contributed by atoms with Crippen LogP contribution in [0.1, 0.15) is 111 Å². The quantitative estimate of drug-likeness (QED) is 0.125. The van der Waals surface area contributed by atoms with Crippen LogP contribution < -0.4 is 56.5 Å². The molecule has 0 bridgehead atoms. The van der Waals surface area contributed by atoms with E-state index < -0.39 is 30.1 Å². The van der Waals surface area contributed by atoms with E-state index in [9.17, 15) is 19.5 Å². The fraction of sp³-hybridized carbons (Fsp3) is 0.792. The van der Waals surface area contributed by atoms with Gasteiger partial charge in [-0.2, -0.15) is 0 Å². The molecule has 0 saturated carbocycles. The van der Waals surface area contributed by atoms with Gasteiger partial charge in [-0.15, -0.1) is 0 Å². The third-order valence-electron chi connectivity index (χ3n) is 4.91. The van der Waals surface area contributed by atoms with Gasteiger partial charge in [0.25, 0.3) is 0 Å². The predicted molar refractivity (Wildman–Crippen MR) is 116 cm³/mol. The van der Waals surface area contributed by atoms with Crippen molar-refractivity contribution in [3.05, 3.63) is 12.2 Å². The Morgan fingerprint density at radius 1 is 0.742 bits per heavy atom. The molecule has 0 amide bonds. The smallest absolute Gasteiger partial charge is 0.546 e. The first-order valence-corrected chi connectivity index (χ1v) is 11.6. The maximum Gasteiger partial charge on any atom is 1.00 e. The monoisotopic (exact) mass is 464 g/mol. The Kier molecular flexibility index (Phi) is 24.4. The summed E-state index contributed by atoms with van der Waals surface area (Å²) in [5, 5.41) is 10.5. The van der Waals surface area contributed by atoms with Crippen molar-refractivity contribution in [3.8, 4) is 0 Å². The fourth-order valence-corrected chi connectivity index (χ4v) is 2.96. The van der Waals surface area contributed by atoms with Gasteiger partial charge in [0.15, 0.2) is 6.10 Å². The van der Waals surface area contributed by atoms with Crippen LogP contribution >= 0.6 is 0 Å². The molecule has 0 aromatic carbocycles. The number of esters is 2. The predicted octanol–water partition coefficient (Wildman–Crippen LogP) is 1.64. The summed E-state index contributed by atoms with van der Waals surface area (Å²) in [5.74, 6) is -2.85. The second kappa shape index (κ2) is 23.0. The second-order valence-electron chi connectivity index (χ2n) is 7.86. The topological polar surface area (TPSA) is 92.7 Å². The zero-order chi connectivity index (χ0) is 22.6. The summed E-state index contributed by atoms with van der Waals surface area (Å²) in [6, 6.07) is 0. The van der Waals surface area contributed by atoms with Crippen LogP contribution in [-0.2, 0) is 23.9 Å². The van der Waals surface area contributed by atoms with Gasteiger partial charge in [0, 0.05) is 6.42 Å². The molecule has 0 heterocycles. The van der Waals surface area contributed by atoms with Crippen molar-refractivity contribution in [3.63, 3.8) is 0 Å². The van der Waals surface area contributed by atoms with E-state index >= 15 is 0 Å². The third-order valence-corrected chi connectivity index (χ3v) is 4.91. The van der Waals surface area contributed by atoms with E-state index in [1.165, 1.54) is 58.8 Å². The Balaban J connectivity index is 0. The minimum atomic E-state index is -1.49. The Labute approximate surface area is 231 Å². The summed E-state index contributed by atoms with van der Waals surface area (Å²) < 4.78 is 9.60. The van der Waals surface area contributed by atoms with Gasteiger partial charge < -0.3 is 19.4 Å². The van der Waals surface area contributed by atoms with Crippen LogP contribution in [0.2, 0.25) is 0 Å². The molecule has 0 N–H and O–H groups in total. The SMILES string of the molecule is CCCCCCCCC=CCCCCCCCC(=O)OC(C)C(=O)OC(C)C(=O)[O-].[K+]. The van der Waals surface area contributed by atoms with Gasteiger partial charge in [-0.1, -0.05) is 70.4 Å². The van der Waals surface area contributed by atoms with Gasteiger partial charge in [0.1, 0.15) is 6.10 Å². The van der Waals surface area contributed by atoms with Crippen molar-refractivity contribution in [2.75, 3.05) is 0 Å². The molecule has 0 aliphatic heterocycles. The summed E-state index contributed by atoms with van der Waals surface area (Å²) in [6.45, 7) is 4.79. The Hall–Kier alpha value is -0.214. The number of aliphatic carboxylic acids is 1. The van der Waals surface area contributed by atoms with Crippen LogP contribution in [0.4, 0.5) is 0 Å². The Bertz CT molecular complexity index is 506. The molecular weight excluding hydrogens is 423 g/mol. The van der Waals surface area contributed by atoms with Gasteiger partial charge in [0.05, 0.1) is 5.97 Å². The number of unbranched alkanes of at least 4 members (excludes halogenated alkanes) is 11. The van der Waals surface area contributed by atoms with Gasteiger partial charge in [-0.25, -0.2) is 4.79 Å². The first kappa shape index (κ1) is 33.0.